The van der Waals surface area contributed by atoms with Gasteiger partial charge in [0.1, 0.15) is 12.4 Å². The van der Waals surface area contributed by atoms with Gasteiger partial charge in [-0.15, -0.1) is 5.10 Å². The van der Waals surface area contributed by atoms with Gasteiger partial charge in [0.15, 0.2) is 5.65 Å². The van der Waals surface area contributed by atoms with Crippen LogP contribution in [-0.2, 0) is 4.74 Å². The maximum absolute atomic E-state index is 11.8. The molecular formula is C8H9F3N6O. The third kappa shape index (κ3) is 3.26. The molecule has 2 heterocycles. The molecule has 0 aromatic carbocycles. The summed E-state index contributed by atoms with van der Waals surface area (Å²) in [7, 11) is 0. The minimum atomic E-state index is -4.31. The summed E-state index contributed by atoms with van der Waals surface area (Å²) < 4.78 is 41.2. The monoisotopic (exact) mass is 262 g/mol. The van der Waals surface area contributed by atoms with Crippen molar-refractivity contribution in [3.05, 3.63) is 12.4 Å². The van der Waals surface area contributed by atoms with Crippen molar-refractivity contribution in [2.45, 2.75) is 6.18 Å². The van der Waals surface area contributed by atoms with Crippen molar-refractivity contribution >= 4 is 11.5 Å². The van der Waals surface area contributed by atoms with Crippen molar-refractivity contribution in [1.82, 2.24) is 25.0 Å². The Labute approximate surface area is 99.0 Å². The van der Waals surface area contributed by atoms with Crippen molar-refractivity contribution < 1.29 is 17.9 Å². The number of halogens is 3. The van der Waals surface area contributed by atoms with Crippen molar-refractivity contribution in [2.24, 2.45) is 0 Å². The van der Waals surface area contributed by atoms with Crippen LogP contribution in [-0.4, -0.2) is 51.0 Å². The van der Waals surface area contributed by atoms with Crippen LogP contribution in [0.3, 0.4) is 0 Å². The molecule has 98 valence electrons. The molecule has 0 aliphatic carbocycles. The van der Waals surface area contributed by atoms with Gasteiger partial charge >= 0.3 is 6.18 Å². The van der Waals surface area contributed by atoms with Gasteiger partial charge in [0.2, 0.25) is 0 Å². The number of fused-ring (bicyclic) bond motifs is 1. The van der Waals surface area contributed by atoms with E-state index in [4.69, 9.17) is 0 Å². The first-order valence-electron chi connectivity index (χ1n) is 4.97. The van der Waals surface area contributed by atoms with E-state index < -0.39 is 12.8 Å². The predicted molar refractivity (Wildman–Crippen MR) is 53.9 cm³/mol. The van der Waals surface area contributed by atoms with Gasteiger partial charge in [0.05, 0.1) is 19.0 Å². The number of hydrogen-bond donors (Lipinski definition) is 1. The molecule has 0 saturated heterocycles. The number of ether oxygens (including phenoxy) is 1. The van der Waals surface area contributed by atoms with Gasteiger partial charge in [-0.2, -0.15) is 17.7 Å². The zero-order valence-electron chi connectivity index (χ0n) is 9.05. The fraction of sp³-hybridized carbons (Fsp3) is 0.500. The Bertz CT molecular complexity index is 513. The smallest absolute Gasteiger partial charge is 0.370 e. The van der Waals surface area contributed by atoms with Gasteiger partial charge in [0, 0.05) is 6.54 Å². The van der Waals surface area contributed by atoms with Crippen LogP contribution in [0.5, 0.6) is 0 Å². The summed E-state index contributed by atoms with van der Waals surface area (Å²) in [5.41, 5.74) is 0.441. The van der Waals surface area contributed by atoms with Crippen molar-refractivity contribution in [2.75, 3.05) is 25.1 Å². The van der Waals surface area contributed by atoms with Crippen molar-refractivity contribution in [3.63, 3.8) is 0 Å². The van der Waals surface area contributed by atoms with Gasteiger partial charge in [-0.1, -0.05) is 0 Å². The number of aromatic nitrogens is 5. The second-order valence-corrected chi connectivity index (χ2v) is 3.34. The number of nitrogens with one attached hydrogen (secondary N) is 1. The van der Waals surface area contributed by atoms with E-state index >= 15 is 0 Å². The van der Waals surface area contributed by atoms with Crippen LogP contribution in [0.4, 0.5) is 19.0 Å². The molecular weight excluding hydrogens is 253 g/mol. The van der Waals surface area contributed by atoms with Gasteiger partial charge in [-0.3, -0.25) is 4.98 Å². The average molecular weight is 262 g/mol. The molecule has 7 nitrogen and oxygen atoms in total. The Kier molecular flexibility index (Phi) is 3.55. The highest BCUT2D eigenvalue weighted by atomic mass is 19.4. The van der Waals surface area contributed by atoms with E-state index in [0.717, 1.165) is 0 Å². The second kappa shape index (κ2) is 5.12. The molecule has 0 aliphatic heterocycles. The summed E-state index contributed by atoms with van der Waals surface area (Å²) in [6.45, 7) is -1.16. The topological polar surface area (TPSA) is 77.2 Å². The quantitative estimate of drug-likeness (QED) is 0.791. The van der Waals surface area contributed by atoms with E-state index in [-0.39, 0.29) is 13.2 Å². The molecule has 2 aromatic heterocycles. The third-order valence-electron chi connectivity index (χ3n) is 1.93. The number of alkyl halides is 3. The molecule has 10 heteroatoms. The number of anilines is 1. The number of hydrogen-bond acceptors (Lipinski definition) is 6. The minimum Gasteiger partial charge on any atom is -0.370 e. The largest absolute Gasteiger partial charge is 0.411 e. The fourth-order valence-electron chi connectivity index (χ4n) is 1.24. The fourth-order valence-corrected chi connectivity index (χ4v) is 1.24. The maximum atomic E-state index is 11.8. The van der Waals surface area contributed by atoms with E-state index in [0.29, 0.717) is 11.5 Å². The molecule has 0 aliphatic rings. The van der Waals surface area contributed by atoms with Crippen molar-refractivity contribution in [1.29, 1.82) is 0 Å². The van der Waals surface area contributed by atoms with Crippen molar-refractivity contribution in [3.8, 4) is 0 Å². The molecule has 2 rings (SSSR count). The average Bonchev–Trinajstić information content (AvgIpc) is 2.75. The van der Waals surface area contributed by atoms with Gasteiger partial charge < -0.3 is 10.1 Å². The normalized spacial score (nSPS) is 11.9. The Hall–Kier alpha value is -1.97. The molecule has 18 heavy (non-hydrogen) atoms. The predicted octanol–water partition coefficient (Wildman–Crippen LogP) is 0.510. The lowest BCUT2D eigenvalue weighted by atomic mass is 10.6. The zero-order chi connectivity index (χ0) is 13.0. The van der Waals surface area contributed by atoms with Gasteiger partial charge in [-0.05, 0) is 10.4 Å². The first-order valence-corrected chi connectivity index (χ1v) is 4.97. The zero-order valence-corrected chi connectivity index (χ0v) is 9.05. The molecule has 0 radical (unpaired) electrons. The van der Waals surface area contributed by atoms with Gasteiger partial charge in [0.25, 0.3) is 0 Å². The lowest BCUT2D eigenvalue weighted by molar-refractivity contribution is -0.172. The van der Waals surface area contributed by atoms with Crippen LogP contribution >= 0.6 is 0 Å². The Morgan fingerprint density at radius 2 is 2.17 bits per heavy atom. The van der Waals surface area contributed by atoms with E-state index in [1.165, 1.54) is 16.9 Å². The first kappa shape index (κ1) is 12.5. The lowest BCUT2D eigenvalue weighted by Gasteiger charge is -2.09. The summed E-state index contributed by atoms with van der Waals surface area (Å²) >= 11 is 0. The first-order chi connectivity index (χ1) is 8.56. The Morgan fingerprint density at radius 3 is 2.94 bits per heavy atom. The van der Waals surface area contributed by atoms with Crippen LogP contribution in [0.1, 0.15) is 0 Å². The standard InChI is InChI=1S/C8H9F3N6O/c9-8(10,11)5-18-2-1-13-6-3-12-4-7-14-15-16-17(6)7/h3-4,13H,1-2,5H2. The summed E-state index contributed by atoms with van der Waals surface area (Å²) in [5, 5.41) is 13.6. The number of nitrogens with zero attached hydrogens (tertiary/aromatic N) is 5. The minimum absolute atomic E-state index is 0.0853. The molecule has 1 N–H and O–H groups in total. The van der Waals surface area contributed by atoms with Crippen LogP contribution in [0.2, 0.25) is 0 Å². The lowest BCUT2D eigenvalue weighted by Crippen LogP contribution is -2.20. The number of tetrazole rings is 1. The van der Waals surface area contributed by atoms with Crippen LogP contribution in [0.15, 0.2) is 12.4 Å². The van der Waals surface area contributed by atoms with Gasteiger partial charge in [-0.25, -0.2) is 0 Å². The van der Waals surface area contributed by atoms with E-state index in [2.05, 4.69) is 30.6 Å². The summed E-state index contributed by atoms with van der Waals surface area (Å²) in [4.78, 5) is 3.88. The molecule has 0 amide bonds. The molecule has 0 fully saturated rings. The van der Waals surface area contributed by atoms with Crippen LogP contribution < -0.4 is 5.32 Å². The van der Waals surface area contributed by atoms with E-state index in [1.54, 1.807) is 0 Å². The third-order valence-corrected chi connectivity index (χ3v) is 1.93. The highest BCUT2D eigenvalue weighted by Crippen LogP contribution is 2.14. The molecule has 2 aromatic rings. The van der Waals surface area contributed by atoms with E-state index in [9.17, 15) is 13.2 Å². The molecule has 0 saturated carbocycles. The number of rotatable bonds is 5. The molecule has 0 spiro atoms. The highest BCUT2D eigenvalue weighted by Gasteiger charge is 2.27. The Morgan fingerprint density at radius 1 is 1.33 bits per heavy atom. The van der Waals surface area contributed by atoms with Crippen LogP contribution in [0.25, 0.3) is 5.65 Å². The molecule has 0 unspecified atom stereocenters. The summed E-state index contributed by atoms with van der Waals surface area (Å²) in [5.74, 6) is 0.480. The summed E-state index contributed by atoms with van der Waals surface area (Å²) in [6, 6.07) is 0. The maximum Gasteiger partial charge on any atom is 0.411 e. The molecule has 0 bridgehead atoms. The SMILES string of the molecule is FC(F)(F)COCCNc1cncc2nnnn12. The summed E-state index contributed by atoms with van der Waals surface area (Å²) in [6.07, 6.45) is -1.38. The highest BCUT2D eigenvalue weighted by molar-refractivity contribution is 5.43. The Balaban J connectivity index is 1.82. The molecule has 0 atom stereocenters. The van der Waals surface area contributed by atoms with Crippen LogP contribution in [0, 0.1) is 0 Å². The van der Waals surface area contributed by atoms with E-state index in [1.807, 2.05) is 0 Å². The second-order valence-electron chi connectivity index (χ2n) is 3.34.